The third-order valence-corrected chi connectivity index (χ3v) is 6.51. The molecule has 0 bridgehead atoms. The molecule has 0 saturated heterocycles. The first-order valence-corrected chi connectivity index (χ1v) is 14.4. The number of carbonyl (C=O) groups excluding carboxylic acids is 4. The summed E-state index contributed by atoms with van der Waals surface area (Å²) in [5, 5.41) is 3.03. The minimum atomic E-state index is -0.969. The van der Waals surface area contributed by atoms with Crippen molar-refractivity contribution in [3.8, 4) is 11.5 Å². The van der Waals surface area contributed by atoms with E-state index in [-0.39, 0.29) is 55.6 Å². The van der Waals surface area contributed by atoms with Crippen LogP contribution in [0, 0.1) is 11.8 Å². The smallest absolute Gasteiger partial charge is 0.468 e. The van der Waals surface area contributed by atoms with Crippen molar-refractivity contribution in [3.05, 3.63) is 23.8 Å². The molecule has 1 aromatic carbocycles. The van der Waals surface area contributed by atoms with E-state index in [1.807, 2.05) is 34.6 Å². The summed E-state index contributed by atoms with van der Waals surface area (Å²) in [6, 6.07) is 3.66. The molecule has 1 N–H and O–H groups in total. The van der Waals surface area contributed by atoms with Gasteiger partial charge in [-0.2, -0.15) is 0 Å². The molecule has 0 fully saturated rings. The van der Waals surface area contributed by atoms with Gasteiger partial charge in [-0.1, -0.05) is 53.5 Å². The van der Waals surface area contributed by atoms with Crippen LogP contribution < -0.4 is 14.8 Å². The van der Waals surface area contributed by atoms with E-state index in [9.17, 15) is 19.2 Å². The summed E-state index contributed by atoms with van der Waals surface area (Å²) >= 11 is 0. The molecular formula is C30H47NO11. The van der Waals surface area contributed by atoms with Gasteiger partial charge in [0.15, 0.2) is 11.5 Å². The van der Waals surface area contributed by atoms with Crippen LogP contribution in [0.2, 0.25) is 0 Å². The van der Waals surface area contributed by atoms with Crippen molar-refractivity contribution >= 4 is 24.4 Å². The molecule has 0 spiro atoms. The zero-order valence-electron chi connectivity index (χ0n) is 26.1. The summed E-state index contributed by atoms with van der Waals surface area (Å²) < 4.78 is 36.3. The van der Waals surface area contributed by atoms with Gasteiger partial charge < -0.3 is 38.5 Å². The third kappa shape index (κ3) is 14.4. The first-order chi connectivity index (χ1) is 19.9. The van der Waals surface area contributed by atoms with Crippen molar-refractivity contribution in [3.63, 3.8) is 0 Å². The van der Waals surface area contributed by atoms with Crippen molar-refractivity contribution in [2.45, 2.75) is 92.4 Å². The third-order valence-electron chi connectivity index (χ3n) is 6.51. The Hall–Kier alpha value is -3.54. The predicted molar refractivity (Wildman–Crippen MR) is 154 cm³/mol. The van der Waals surface area contributed by atoms with Crippen molar-refractivity contribution < 1.29 is 52.3 Å². The average Bonchev–Trinajstić information content (AvgIpc) is 2.97. The van der Waals surface area contributed by atoms with E-state index in [4.69, 9.17) is 33.2 Å². The lowest BCUT2D eigenvalue weighted by molar-refractivity contribution is -0.143. The van der Waals surface area contributed by atoms with Crippen LogP contribution in [0.5, 0.6) is 11.5 Å². The molecule has 1 rings (SSSR count). The summed E-state index contributed by atoms with van der Waals surface area (Å²) in [5.41, 5.74) is 0.549. The van der Waals surface area contributed by atoms with Gasteiger partial charge in [-0.05, 0) is 56.2 Å². The second kappa shape index (κ2) is 19.6. The van der Waals surface area contributed by atoms with Gasteiger partial charge in [0.25, 0.3) is 0 Å². The van der Waals surface area contributed by atoms with Crippen LogP contribution in [0.25, 0.3) is 0 Å². The Kier molecular flexibility index (Phi) is 17.0. The highest BCUT2D eigenvalue weighted by Gasteiger charge is 2.24. The van der Waals surface area contributed by atoms with Crippen LogP contribution >= 0.6 is 0 Å². The molecule has 0 saturated carbocycles. The van der Waals surface area contributed by atoms with Gasteiger partial charge in [-0.25, -0.2) is 14.4 Å². The molecule has 0 heterocycles. The number of rotatable bonds is 17. The second-order valence-electron chi connectivity index (χ2n) is 10.3. The fourth-order valence-electron chi connectivity index (χ4n) is 3.14. The molecule has 12 nitrogen and oxygen atoms in total. The zero-order valence-corrected chi connectivity index (χ0v) is 26.1. The minimum Gasteiger partial charge on any atom is -0.468 e. The number of hydrogen-bond donors (Lipinski definition) is 1. The lowest BCUT2D eigenvalue weighted by Gasteiger charge is -2.21. The first kappa shape index (κ1) is 36.5. The molecule has 0 aromatic heterocycles. The lowest BCUT2D eigenvalue weighted by Crippen LogP contribution is -2.43. The van der Waals surface area contributed by atoms with Crippen LogP contribution in [-0.2, 0) is 34.9 Å². The van der Waals surface area contributed by atoms with Crippen LogP contribution in [0.4, 0.5) is 14.4 Å². The monoisotopic (exact) mass is 597 g/mol. The molecule has 0 radical (unpaired) electrons. The number of nitrogens with one attached hydrogen (secondary N) is 1. The van der Waals surface area contributed by atoms with Gasteiger partial charge in [0.05, 0.1) is 20.3 Å². The first-order valence-electron chi connectivity index (χ1n) is 14.4. The maximum atomic E-state index is 12.5. The van der Waals surface area contributed by atoms with Crippen LogP contribution in [0.15, 0.2) is 18.2 Å². The molecule has 0 aliphatic carbocycles. The highest BCUT2D eigenvalue weighted by molar-refractivity contribution is 5.76. The van der Waals surface area contributed by atoms with Crippen LogP contribution in [0.3, 0.4) is 0 Å². The Morgan fingerprint density at radius 1 is 0.738 bits per heavy atom. The molecule has 0 amide bonds. The number of carbonyl (C=O) groups is 4. The lowest BCUT2D eigenvalue weighted by atomic mass is 10.0. The maximum absolute atomic E-state index is 12.5. The molecule has 4 unspecified atom stereocenters. The quantitative estimate of drug-likeness (QED) is 0.131. The molecule has 1 aromatic rings. The molecule has 5 atom stereocenters. The van der Waals surface area contributed by atoms with Gasteiger partial charge in [-0.15, -0.1) is 0 Å². The van der Waals surface area contributed by atoms with E-state index in [0.717, 1.165) is 12.8 Å². The van der Waals surface area contributed by atoms with E-state index < -0.39 is 36.6 Å². The number of ether oxygens (including phenoxy) is 7. The maximum Gasteiger partial charge on any atom is 0.513 e. The highest BCUT2D eigenvalue weighted by atomic mass is 16.7. The topological polar surface area (TPSA) is 145 Å². The Morgan fingerprint density at radius 3 is 1.81 bits per heavy atom. The Balaban J connectivity index is 3.05. The van der Waals surface area contributed by atoms with Crippen LogP contribution in [0.1, 0.15) is 73.3 Å². The Morgan fingerprint density at radius 2 is 1.29 bits per heavy atom. The van der Waals surface area contributed by atoms with Gasteiger partial charge in [-0.3, -0.25) is 4.79 Å². The largest absolute Gasteiger partial charge is 0.513 e. The Labute approximate surface area is 248 Å². The van der Waals surface area contributed by atoms with Crippen molar-refractivity contribution in [1.82, 2.24) is 5.32 Å². The van der Waals surface area contributed by atoms with Crippen molar-refractivity contribution in [1.29, 1.82) is 0 Å². The second-order valence-corrected chi connectivity index (χ2v) is 10.3. The number of methoxy groups -OCH3 is 1. The SMILES string of the molecule is CCC(C)COC(=O)Oc1ccc(C[C@H](NCC(C)OC(=O)OC(C)CC)C(=O)OC)cc1OC(=O)OCC(C)CC. The number of esters is 1. The van der Waals surface area contributed by atoms with E-state index >= 15 is 0 Å². The fourth-order valence-corrected chi connectivity index (χ4v) is 3.14. The molecule has 0 aliphatic rings. The summed E-state index contributed by atoms with van der Waals surface area (Å²) in [4.78, 5) is 49.1. The molecule has 0 aliphatic heterocycles. The zero-order chi connectivity index (χ0) is 31.7. The van der Waals surface area contributed by atoms with E-state index in [2.05, 4.69) is 5.32 Å². The molecule has 238 valence electrons. The molecular weight excluding hydrogens is 550 g/mol. The van der Waals surface area contributed by atoms with Crippen LogP contribution in [-0.4, -0.2) is 69.6 Å². The minimum absolute atomic E-state index is 0.0576. The fraction of sp³-hybridized carbons (Fsp3) is 0.667. The van der Waals surface area contributed by atoms with E-state index in [0.29, 0.717) is 12.0 Å². The summed E-state index contributed by atoms with van der Waals surface area (Å²) in [6.07, 6.45) is -1.22. The number of benzene rings is 1. The van der Waals surface area contributed by atoms with E-state index in [1.54, 1.807) is 19.9 Å². The van der Waals surface area contributed by atoms with Gasteiger partial charge in [0, 0.05) is 6.54 Å². The predicted octanol–water partition coefficient (Wildman–Crippen LogP) is 5.82. The highest BCUT2D eigenvalue weighted by Crippen LogP contribution is 2.30. The summed E-state index contributed by atoms with van der Waals surface area (Å²) in [7, 11) is 1.25. The molecule has 42 heavy (non-hydrogen) atoms. The average molecular weight is 598 g/mol. The van der Waals surface area contributed by atoms with Gasteiger partial charge in [0.1, 0.15) is 18.2 Å². The van der Waals surface area contributed by atoms with Crippen molar-refractivity contribution in [2.75, 3.05) is 26.9 Å². The van der Waals surface area contributed by atoms with E-state index in [1.165, 1.54) is 19.2 Å². The van der Waals surface area contributed by atoms with Gasteiger partial charge in [0.2, 0.25) is 0 Å². The van der Waals surface area contributed by atoms with Gasteiger partial charge >= 0.3 is 24.4 Å². The normalized spacial score (nSPS) is 14.4. The standard InChI is InChI=1S/C30H47NO11/c1-9-19(4)17-37-28(33)41-25-13-12-23(15-26(25)42-29(34)38-18-20(5)10-2)14-24(27(32)36-8)31-16-22(7)40-30(35)39-21(6)11-3/h12-13,15,19-22,24,31H,9-11,14,16-18H2,1-8H3/t19?,20?,21?,22?,24-/m0/s1. The number of hydrogen-bond acceptors (Lipinski definition) is 12. The Bertz CT molecular complexity index is 999. The van der Waals surface area contributed by atoms with Crippen molar-refractivity contribution in [2.24, 2.45) is 11.8 Å². The summed E-state index contributed by atoms with van der Waals surface area (Å²) in [6.45, 7) is 13.6. The molecule has 12 heteroatoms. The summed E-state index contributed by atoms with van der Waals surface area (Å²) in [5.74, 6) is -0.431.